The number of hydrogen-bond donors (Lipinski definition) is 1. The SMILES string of the molecule is CCCC(C)(CNC(C)(C)C)Cc1sccc1Br. The van der Waals surface area contributed by atoms with E-state index in [-0.39, 0.29) is 5.54 Å². The smallest absolute Gasteiger partial charge is 0.0314 e. The van der Waals surface area contributed by atoms with Gasteiger partial charge in [-0.25, -0.2) is 0 Å². The van der Waals surface area contributed by atoms with Gasteiger partial charge in [0.15, 0.2) is 0 Å². The predicted octanol–water partition coefficient (Wildman–Crippen LogP) is 5.25. The fraction of sp³-hybridized carbons (Fsp3) is 0.733. The first-order chi connectivity index (χ1) is 8.26. The van der Waals surface area contributed by atoms with Gasteiger partial charge >= 0.3 is 0 Å². The average molecular weight is 332 g/mol. The van der Waals surface area contributed by atoms with Crippen molar-refractivity contribution in [2.45, 2.75) is 59.4 Å². The van der Waals surface area contributed by atoms with Crippen LogP contribution in [0.3, 0.4) is 0 Å². The molecule has 0 aromatic carbocycles. The molecule has 0 bridgehead atoms. The van der Waals surface area contributed by atoms with E-state index in [2.05, 4.69) is 67.3 Å². The molecule has 3 heteroatoms. The molecule has 1 atom stereocenters. The second kappa shape index (κ2) is 6.53. The van der Waals surface area contributed by atoms with Gasteiger partial charge in [-0.05, 0) is 66.4 Å². The molecule has 1 N–H and O–H groups in total. The van der Waals surface area contributed by atoms with Crippen molar-refractivity contribution in [3.05, 3.63) is 20.8 Å². The standard InChI is InChI=1S/C15H26BrNS/c1-6-8-15(5,11-17-14(2,3)4)10-13-12(16)7-9-18-13/h7,9,17H,6,8,10-11H2,1-5H3. The van der Waals surface area contributed by atoms with Crippen molar-refractivity contribution < 1.29 is 0 Å². The molecule has 0 saturated carbocycles. The first-order valence-electron chi connectivity index (χ1n) is 6.73. The lowest BCUT2D eigenvalue weighted by molar-refractivity contribution is 0.245. The molecular weight excluding hydrogens is 306 g/mol. The molecule has 0 fully saturated rings. The summed E-state index contributed by atoms with van der Waals surface area (Å²) in [5.74, 6) is 0. The summed E-state index contributed by atoms with van der Waals surface area (Å²) in [5, 5.41) is 5.84. The van der Waals surface area contributed by atoms with Gasteiger partial charge in [0.25, 0.3) is 0 Å². The Hall–Kier alpha value is 0.140. The molecule has 0 saturated heterocycles. The van der Waals surface area contributed by atoms with Crippen LogP contribution >= 0.6 is 27.3 Å². The highest BCUT2D eigenvalue weighted by molar-refractivity contribution is 9.10. The van der Waals surface area contributed by atoms with Gasteiger partial charge < -0.3 is 5.32 Å². The first kappa shape index (κ1) is 16.2. The minimum Gasteiger partial charge on any atom is -0.312 e. The summed E-state index contributed by atoms with van der Waals surface area (Å²) in [7, 11) is 0. The van der Waals surface area contributed by atoms with Crippen molar-refractivity contribution in [2.75, 3.05) is 6.54 Å². The zero-order valence-electron chi connectivity index (χ0n) is 12.3. The van der Waals surface area contributed by atoms with Crippen molar-refractivity contribution in [2.24, 2.45) is 5.41 Å². The average Bonchev–Trinajstić information content (AvgIpc) is 2.61. The summed E-state index contributed by atoms with van der Waals surface area (Å²) in [5.41, 5.74) is 0.539. The van der Waals surface area contributed by atoms with Gasteiger partial charge in [0.1, 0.15) is 0 Å². The lowest BCUT2D eigenvalue weighted by Gasteiger charge is -2.33. The number of thiophene rings is 1. The van der Waals surface area contributed by atoms with Crippen LogP contribution in [0.25, 0.3) is 0 Å². The van der Waals surface area contributed by atoms with Crippen LogP contribution < -0.4 is 5.32 Å². The van der Waals surface area contributed by atoms with Gasteiger partial charge in [-0.15, -0.1) is 11.3 Å². The Morgan fingerprint density at radius 3 is 2.39 bits per heavy atom. The maximum absolute atomic E-state index is 3.67. The molecule has 104 valence electrons. The van der Waals surface area contributed by atoms with Crippen LogP contribution in [-0.4, -0.2) is 12.1 Å². The highest BCUT2D eigenvalue weighted by Crippen LogP contribution is 2.34. The number of hydrogen-bond acceptors (Lipinski definition) is 2. The maximum atomic E-state index is 3.67. The summed E-state index contributed by atoms with van der Waals surface area (Å²) in [6.07, 6.45) is 3.66. The topological polar surface area (TPSA) is 12.0 Å². The summed E-state index contributed by atoms with van der Waals surface area (Å²) >= 11 is 5.51. The Bertz CT molecular complexity index is 367. The number of nitrogens with one attached hydrogen (secondary N) is 1. The summed E-state index contributed by atoms with van der Waals surface area (Å²) in [4.78, 5) is 1.47. The van der Waals surface area contributed by atoms with E-state index in [9.17, 15) is 0 Å². The molecule has 1 aromatic heterocycles. The third-order valence-corrected chi connectivity index (χ3v) is 5.10. The molecule has 0 aliphatic carbocycles. The highest BCUT2D eigenvalue weighted by atomic mass is 79.9. The summed E-state index contributed by atoms with van der Waals surface area (Å²) < 4.78 is 1.27. The second-order valence-electron chi connectivity index (χ2n) is 6.53. The lowest BCUT2D eigenvalue weighted by atomic mass is 9.81. The fourth-order valence-corrected chi connectivity index (χ4v) is 3.87. The van der Waals surface area contributed by atoms with Gasteiger partial charge in [-0.3, -0.25) is 0 Å². The zero-order chi connectivity index (χ0) is 13.8. The second-order valence-corrected chi connectivity index (χ2v) is 8.39. The van der Waals surface area contributed by atoms with Crippen LogP contribution in [0.2, 0.25) is 0 Å². The van der Waals surface area contributed by atoms with E-state index in [0.717, 1.165) is 13.0 Å². The van der Waals surface area contributed by atoms with Crippen molar-refractivity contribution >= 4 is 27.3 Å². The van der Waals surface area contributed by atoms with Crippen LogP contribution in [-0.2, 0) is 6.42 Å². The Kier molecular flexibility index (Phi) is 5.88. The van der Waals surface area contributed by atoms with Gasteiger partial charge in [-0.2, -0.15) is 0 Å². The molecule has 0 aliphatic rings. The third-order valence-electron chi connectivity index (χ3n) is 3.18. The minimum absolute atomic E-state index is 0.196. The largest absolute Gasteiger partial charge is 0.312 e. The number of halogens is 1. The Labute approximate surface area is 125 Å². The molecular formula is C15H26BrNS. The summed E-state index contributed by atoms with van der Waals surface area (Å²) in [6, 6.07) is 2.16. The monoisotopic (exact) mass is 331 g/mol. The minimum atomic E-state index is 0.196. The van der Waals surface area contributed by atoms with Gasteiger partial charge in [-0.1, -0.05) is 20.3 Å². The maximum Gasteiger partial charge on any atom is 0.0314 e. The predicted molar refractivity (Wildman–Crippen MR) is 86.5 cm³/mol. The quantitative estimate of drug-likeness (QED) is 0.750. The molecule has 0 spiro atoms. The summed E-state index contributed by atoms with van der Waals surface area (Å²) in [6.45, 7) is 12.5. The molecule has 0 amide bonds. The molecule has 0 radical (unpaired) electrons. The van der Waals surface area contributed by atoms with E-state index in [1.54, 1.807) is 0 Å². The molecule has 1 aromatic rings. The number of rotatable bonds is 6. The Morgan fingerprint density at radius 1 is 1.28 bits per heavy atom. The van der Waals surface area contributed by atoms with E-state index >= 15 is 0 Å². The molecule has 18 heavy (non-hydrogen) atoms. The molecule has 1 rings (SSSR count). The van der Waals surface area contributed by atoms with Crippen molar-refractivity contribution in [3.63, 3.8) is 0 Å². The molecule has 1 unspecified atom stereocenters. The van der Waals surface area contributed by atoms with Crippen LogP contribution in [0.5, 0.6) is 0 Å². The highest BCUT2D eigenvalue weighted by Gasteiger charge is 2.26. The van der Waals surface area contributed by atoms with Crippen molar-refractivity contribution in [1.82, 2.24) is 5.32 Å². The van der Waals surface area contributed by atoms with Crippen molar-refractivity contribution in [1.29, 1.82) is 0 Å². The van der Waals surface area contributed by atoms with E-state index in [1.807, 2.05) is 11.3 Å². The molecule has 1 heterocycles. The first-order valence-corrected chi connectivity index (χ1v) is 8.40. The third kappa shape index (κ3) is 5.41. The van der Waals surface area contributed by atoms with Gasteiger partial charge in [0, 0.05) is 21.4 Å². The van der Waals surface area contributed by atoms with Crippen molar-refractivity contribution in [3.8, 4) is 0 Å². The Balaban J connectivity index is 2.71. The van der Waals surface area contributed by atoms with Crippen LogP contribution in [0.15, 0.2) is 15.9 Å². The molecule has 0 aliphatic heterocycles. The van der Waals surface area contributed by atoms with E-state index in [4.69, 9.17) is 0 Å². The van der Waals surface area contributed by atoms with E-state index < -0.39 is 0 Å². The van der Waals surface area contributed by atoms with Crippen LogP contribution in [0, 0.1) is 5.41 Å². The van der Waals surface area contributed by atoms with Gasteiger partial charge in [0.05, 0.1) is 0 Å². The van der Waals surface area contributed by atoms with Crippen LogP contribution in [0.4, 0.5) is 0 Å². The zero-order valence-corrected chi connectivity index (χ0v) is 14.7. The molecule has 1 nitrogen and oxygen atoms in total. The van der Waals surface area contributed by atoms with E-state index in [1.165, 1.54) is 22.2 Å². The lowest BCUT2D eigenvalue weighted by Crippen LogP contribution is -2.43. The van der Waals surface area contributed by atoms with Gasteiger partial charge in [0.2, 0.25) is 0 Å². The van der Waals surface area contributed by atoms with Crippen LogP contribution in [0.1, 0.15) is 52.3 Å². The Morgan fingerprint density at radius 2 is 1.94 bits per heavy atom. The van der Waals surface area contributed by atoms with E-state index in [0.29, 0.717) is 5.41 Å². The fourth-order valence-electron chi connectivity index (χ4n) is 2.16. The normalized spacial score (nSPS) is 15.7.